The number of hydrogen-bond donors (Lipinski definition) is 0. The minimum atomic E-state index is 1.05. The lowest BCUT2D eigenvalue weighted by atomic mass is 9.84. The van der Waals surface area contributed by atoms with Gasteiger partial charge in [0, 0.05) is 24.7 Å². The molecule has 1 aromatic rings. The molecule has 0 fully saturated rings. The van der Waals surface area contributed by atoms with Crippen LogP contribution in [0.3, 0.4) is 0 Å². The highest BCUT2D eigenvalue weighted by molar-refractivity contribution is 5.80. The van der Waals surface area contributed by atoms with Gasteiger partial charge in [0.2, 0.25) is 0 Å². The van der Waals surface area contributed by atoms with E-state index in [1.807, 2.05) is 17.9 Å². The normalized spacial score (nSPS) is 19.0. The molecule has 0 bridgehead atoms. The minimum absolute atomic E-state index is 1.05. The molecular weight excluding hydrogens is 200 g/mol. The maximum Gasteiger partial charge on any atom is 0.0964 e. The molecule has 84 valence electrons. The van der Waals surface area contributed by atoms with Crippen LogP contribution < -0.4 is 0 Å². The van der Waals surface area contributed by atoms with Gasteiger partial charge in [-0.2, -0.15) is 5.10 Å². The van der Waals surface area contributed by atoms with Crippen LogP contribution in [-0.2, 0) is 18.2 Å². The molecule has 0 N–H and O–H groups in total. The van der Waals surface area contributed by atoms with Crippen LogP contribution in [0, 0.1) is 0 Å². The van der Waals surface area contributed by atoms with E-state index in [1.54, 1.807) is 12.7 Å². The molecule has 0 saturated carbocycles. The first kappa shape index (κ1) is 9.70. The summed E-state index contributed by atoms with van der Waals surface area (Å²) in [5.74, 6) is 1.09. The summed E-state index contributed by atoms with van der Waals surface area (Å²) in [6.07, 6.45) is 8.67. The zero-order valence-electron chi connectivity index (χ0n) is 9.79. The van der Waals surface area contributed by atoms with Crippen molar-refractivity contribution in [2.45, 2.75) is 25.7 Å². The van der Waals surface area contributed by atoms with E-state index >= 15 is 0 Å². The highest BCUT2D eigenvalue weighted by Crippen LogP contribution is 2.38. The van der Waals surface area contributed by atoms with Gasteiger partial charge in [0.1, 0.15) is 0 Å². The molecule has 3 heteroatoms. The Balaban J connectivity index is 2.11. The fraction of sp³-hybridized carbons (Fsp3) is 0.462. The number of aryl methyl sites for hydroxylation is 1. The van der Waals surface area contributed by atoms with Gasteiger partial charge in [0.25, 0.3) is 0 Å². The maximum absolute atomic E-state index is 5.36. The quantitative estimate of drug-likeness (QED) is 0.721. The van der Waals surface area contributed by atoms with E-state index in [-0.39, 0.29) is 0 Å². The van der Waals surface area contributed by atoms with Gasteiger partial charge in [-0.3, -0.25) is 4.68 Å². The standard InChI is InChI=1S/C13H16N2O/c1-15-13-6-4-9-3-5-10(16-2)7-11(9)12(13)8-14-15/h7-8H,3-6H2,1-2H3. The Kier molecular flexibility index (Phi) is 2.13. The van der Waals surface area contributed by atoms with Crippen LogP contribution >= 0.6 is 0 Å². The lowest BCUT2D eigenvalue weighted by Crippen LogP contribution is -2.10. The minimum Gasteiger partial charge on any atom is -0.501 e. The molecule has 0 spiro atoms. The van der Waals surface area contributed by atoms with Crippen LogP contribution in [0.5, 0.6) is 0 Å². The van der Waals surface area contributed by atoms with Crippen molar-refractivity contribution in [1.82, 2.24) is 9.78 Å². The van der Waals surface area contributed by atoms with Crippen molar-refractivity contribution in [3.63, 3.8) is 0 Å². The molecule has 0 radical (unpaired) electrons. The topological polar surface area (TPSA) is 27.1 Å². The number of nitrogens with zero attached hydrogens (tertiary/aromatic N) is 2. The number of fused-ring (bicyclic) bond motifs is 2. The van der Waals surface area contributed by atoms with Gasteiger partial charge in [-0.25, -0.2) is 0 Å². The van der Waals surface area contributed by atoms with Gasteiger partial charge in [-0.1, -0.05) is 5.57 Å². The Labute approximate surface area is 95.4 Å². The van der Waals surface area contributed by atoms with Crippen LogP contribution in [0.15, 0.2) is 23.6 Å². The van der Waals surface area contributed by atoms with E-state index in [0.717, 1.165) is 25.0 Å². The predicted molar refractivity (Wildman–Crippen MR) is 62.8 cm³/mol. The van der Waals surface area contributed by atoms with Gasteiger partial charge < -0.3 is 4.74 Å². The SMILES string of the molecule is COC1=CC2=C(CC1)CCc1c2cnn1C. The summed E-state index contributed by atoms with van der Waals surface area (Å²) in [6.45, 7) is 0. The van der Waals surface area contributed by atoms with Crippen molar-refractivity contribution in [3.8, 4) is 0 Å². The molecule has 3 rings (SSSR count). The van der Waals surface area contributed by atoms with E-state index in [4.69, 9.17) is 4.74 Å². The Morgan fingerprint density at radius 3 is 2.88 bits per heavy atom. The molecule has 0 saturated heterocycles. The Morgan fingerprint density at radius 1 is 1.25 bits per heavy atom. The number of methoxy groups -OCH3 is 1. The first-order valence-electron chi connectivity index (χ1n) is 5.77. The summed E-state index contributed by atoms with van der Waals surface area (Å²) < 4.78 is 7.36. The second kappa shape index (κ2) is 3.51. The van der Waals surface area contributed by atoms with Crippen LogP contribution in [0.25, 0.3) is 5.57 Å². The second-order valence-corrected chi connectivity index (χ2v) is 4.46. The molecule has 2 aliphatic carbocycles. The zero-order valence-corrected chi connectivity index (χ0v) is 9.79. The largest absolute Gasteiger partial charge is 0.501 e. The number of allylic oxidation sites excluding steroid dienone is 4. The van der Waals surface area contributed by atoms with Gasteiger partial charge in [-0.15, -0.1) is 0 Å². The molecule has 0 aromatic carbocycles. The lowest BCUT2D eigenvalue weighted by Gasteiger charge is -2.24. The third-order valence-corrected chi connectivity index (χ3v) is 3.64. The predicted octanol–water partition coefficient (Wildman–Crippen LogP) is 2.44. The smallest absolute Gasteiger partial charge is 0.0964 e. The summed E-state index contributed by atoms with van der Waals surface area (Å²) >= 11 is 0. The highest BCUT2D eigenvalue weighted by Gasteiger charge is 2.23. The van der Waals surface area contributed by atoms with Gasteiger partial charge >= 0.3 is 0 Å². The summed E-state index contributed by atoms with van der Waals surface area (Å²) in [7, 11) is 3.78. The fourth-order valence-corrected chi connectivity index (χ4v) is 2.69. The van der Waals surface area contributed by atoms with Crippen molar-refractivity contribution >= 4 is 5.57 Å². The molecule has 0 amide bonds. The van der Waals surface area contributed by atoms with Crippen molar-refractivity contribution in [1.29, 1.82) is 0 Å². The van der Waals surface area contributed by atoms with E-state index in [1.165, 1.54) is 23.3 Å². The van der Waals surface area contributed by atoms with Crippen LogP contribution in [0.1, 0.15) is 30.5 Å². The first-order chi connectivity index (χ1) is 7.79. The average Bonchev–Trinajstić information content (AvgIpc) is 2.71. The Hall–Kier alpha value is -1.51. The van der Waals surface area contributed by atoms with Crippen LogP contribution in [0.4, 0.5) is 0 Å². The maximum atomic E-state index is 5.36. The molecule has 3 nitrogen and oxygen atoms in total. The van der Waals surface area contributed by atoms with Crippen molar-refractivity contribution in [2.24, 2.45) is 7.05 Å². The summed E-state index contributed by atoms with van der Waals surface area (Å²) in [4.78, 5) is 0. The third kappa shape index (κ3) is 1.31. The average molecular weight is 216 g/mol. The van der Waals surface area contributed by atoms with Crippen LogP contribution in [0.2, 0.25) is 0 Å². The molecule has 1 aromatic heterocycles. The third-order valence-electron chi connectivity index (χ3n) is 3.64. The monoisotopic (exact) mass is 216 g/mol. The van der Waals surface area contributed by atoms with Gasteiger partial charge in [-0.05, 0) is 30.9 Å². The lowest BCUT2D eigenvalue weighted by molar-refractivity contribution is 0.276. The molecule has 0 aliphatic heterocycles. The molecule has 1 heterocycles. The van der Waals surface area contributed by atoms with Gasteiger partial charge in [0.05, 0.1) is 19.1 Å². The molecular formula is C13H16N2O. The second-order valence-electron chi connectivity index (χ2n) is 4.46. The first-order valence-corrected chi connectivity index (χ1v) is 5.77. The molecule has 16 heavy (non-hydrogen) atoms. The van der Waals surface area contributed by atoms with Gasteiger partial charge in [0.15, 0.2) is 0 Å². The van der Waals surface area contributed by atoms with E-state index in [9.17, 15) is 0 Å². The number of rotatable bonds is 1. The summed E-state index contributed by atoms with van der Waals surface area (Å²) in [5, 5.41) is 4.35. The summed E-state index contributed by atoms with van der Waals surface area (Å²) in [5.41, 5.74) is 5.59. The Bertz CT molecular complexity index is 494. The fourth-order valence-electron chi connectivity index (χ4n) is 2.69. The Morgan fingerprint density at radius 2 is 2.06 bits per heavy atom. The van der Waals surface area contributed by atoms with Crippen LogP contribution in [-0.4, -0.2) is 16.9 Å². The number of aromatic nitrogens is 2. The molecule has 0 unspecified atom stereocenters. The zero-order chi connectivity index (χ0) is 11.1. The number of hydrogen-bond acceptors (Lipinski definition) is 2. The molecule has 2 aliphatic rings. The highest BCUT2D eigenvalue weighted by atomic mass is 16.5. The van der Waals surface area contributed by atoms with Crippen molar-refractivity contribution in [2.75, 3.05) is 7.11 Å². The molecule has 0 atom stereocenters. The van der Waals surface area contributed by atoms with E-state index < -0.39 is 0 Å². The van der Waals surface area contributed by atoms with Crippen molar-refractivity contribution < 1.29 is 4.74 Å². The summed E-state index contributed by atoms with van der Waals surface area (Å²) in [6, 6.07) is 0. The number of ether oxygens (including phenoxy) is 1. The van der Waals surface area contributed by atoms with E-state index in [2.05, 4.69) is 11.2 Å². The van der Waals surface area contributed by atoms with Crippen molar-refractivity contribution in [3.05, 3.63) is 34.9 Å². The van der Waals surface area contributed by atoms with E-state index in [0.29, 0.717) is 0 Å².